The number of fused-ring (bicyclic) bond motifs is 1. The summed E-state index contributed by atoms with van der Waals surface area (Å²) in [6.45, 7) is 6.78. The van der Waals surface area contributed by atoms with Gasteiger partial charge in [0, 0.05) is 0 Å². The summed E-state index contributed by atoms with van der Waals surface area (Å²) < 4.78 is 11.0. The molecule has 1 atom stereocenters. The minimum Gasteiger partial charge on any atom is -0.463 e. The topological polar surface area (TPSA) is 101 Å². The van der Waals surface area contributed by atoms with Gasteiger partial charge >= 0.3 is 0 Å². The van der Waals surface area contributed by atoms with Crippen molar-refractivity contribution in [3.05, 3.63) is 41.3 Å². The Morgan fingerprint density at radius 3 is 2.67 bits per heavy atom. The van der Waals surface area contributed by atoms with Crippen molar-refractivity contribution in [2.24, 2.45) is 0 Å². The second-order valence-corrected chi connectivity index (χ2v) is 6.03. The van der Waals surface area contributed by atoms with Gasteiger partial charge in [-0.3, -0.25) is 4.79 Å². The Kier molecular flexibility index (Phi) is 3.88. The minimum atomic E-state index is -1.24. The van der Waals surface area contributed by atoms with E-state index in [0.29, 0.717) is 34.0 Å². The van der Waals surface area contributed by atoms with Crippen molar-refractivity contribution < 1.29 is 18.7 Å². The number of Topliss-reactive ketones (excluding diaryl/α,β-unsaturated/α-hetero) is 1. The van der Waals surface area contributed by atoms with Gasteiger partial charge in [-0.15, -0.1) is 0 Å². The van der Waals surface area contributed by atoms with Crippen LogP contribution < -0.4 is 5.32 Å². The van der Waals surface area contributed by atoms with Crippen molar-refractivity contribution in [3.63, 3.8) is 0 Å². The van der Waals surface area contributed by atoms with Crippen LogP contribution >= 0.6 is 0 Å². The first-order valence-corrected chi connectivity index (χ1v) is 7.58. The Labute approximate surface area is 138 Å². The van der Waals surface area contributed by atoms with Crippen LogP contribution in [0.2, 0.25) is 0 Å². The molecule has 7 nitrogen and oxygen atoms in total. The van der Waals surface area contributed by atoms with Gasteiger partial charge in [-0.2, -0.15) is 0 Å². The third kappa shape index (κ3) is 2.78. The number of aliphatic hydroxyl groups is 1. The molecule has 126 valence electrons. The molecule has 2 N–H and O–H groups in total. The molecule has 0 radical (unpaired) electrons. The highest BCUT2D eigenvalue weighted by molar-refractivity contribution is 6.09. The lowest BCUT2D eigenvalue weighted by Crippen LogP contribution is -2.30. The van der Waals surface area contributed by atoms with E-state index in [-0.39, 0.29) is 12.3 Å². The van der Waals surface area contributed by atoms with Crippen molar-refractivity contribution in [2.75, 3.05) is 11.9 Å². The maximum absolute atomic E-state index is 11.9. The Bertz CT molecular complexity index is 908. The Morgan fingerprint density at radius 2 is 2.04 bits per heavy atom. The molecule has 0 aromatic carbocycles. The molecule has 3 rings (SSSR count). The monoisotopic (exact) mass is 329 g/mol. The van der Waals surface area contributed by atoms with Crippen molar-refractivity contribution in [1.82, 2.24) is 9.97 Å². The number of carbonyl (C=O) groups is 1. The second kappa shape index (κ2) is 5.76. The fraction of sp³-hybridized carbons (Fsp3) is 0.353. The van der Waals surface area contributed by atoms with E-state index in [2.05, 4.69) is 15.3 Å². The number of rotatable bonds is 5. The van der Waals surface area contributed by atoms with Gasteiger partial charge in [0.05, 0.1) is 17.5 Å². The van der Waals surface area contributed by atoms with Crippen LogP contribution in [0.1, 0.15) is 41.5 Å². The summed E-state index contributed by atoms with van der Waals surface area (Å²) >= 11 is 0. The van der Waals surface area contributed by atoms with Crippen molar-refractivity contribution in [1.29, 1.82) is 0 Å². The fourth-order valence-corrected chi connectivity index (χ4v) is 2.67. The molecular weight excluding hydrogens is 310 g/mol. The minimum absolute atomic E-state index is 0.127. The third-order valence-corrected chi connectivity index (χ3v) is 3.89. The van der Waals surface area contributed by atoms with Crippen LogP contribution in [0.25, 0.3) is 11.1 Å². The van der Waals surface area contributed by atoms with Gasteiger partial charge in [-0.1, -0.05) is 0 Å². The first-order valence-electron chi connectivity index (χ1n) is 7.58. The number of nitrogens with one attached hydrogen (secondary N) is 1. The lowest BCUT2D eigenvalue weighted by molar-refractivity contribution is 0.0467. The molecule has 0 bridgehead atoms. The summed E-state index contributed by atoms with van der Waals surface area (Å²) in [5.41, 5.74) is -0.453. The normalized spacial score (nSPS) is 13.9. The van der Waals surface area contributed by atoms with Gasteiger partial charge in [0.1, 0.15) is 35.0 Å². The molecule has 0 fully saturated rings. The summed E-state index contributed by atoms with van der Waals surface area (Å²) in [4.78, 5) is 20.2. The molecule has 24 heavy (non-hydrogen) atoms. The van der Waals surface area contributed by atoms with Crippen molar-refractivity contribution in [3.8, 4) is 0 Å². The number of aromatic nitrogens is 2. The average Bonchev–Trinajstić information content (AvgIpc) is 3.08. The van der Waals surface area contributed by atoms with Crippen LogP contribution in [0.15, 0.2) is 27.3 Å². The van der Waals surface area contributed by atoms with Crippen LogP contribution in [-0.2, 0) is 5.60 Å². The van der Waals surface area contributed by atoms with Crippen molar-refractivity contribution in [2.45, 2.75) is 33.3 Å². The molecule has 0 aliphatic carbocycles. The summed E-state index contributed by atoms with van der Waals surface area (Å²) in [7, 11) is 0. The predicted octanol–water partition coefficient (Wildman–Crippen LogP) is 2.95. The largest absolute Gasteiger partial charge is 0.463 e. The SMILES string of the molecule is CC(=O)c1c(C)oc2ncnc(NCC(C)(O)c3ccc(C)o3)c12. The molecule has 0 aliphatic heterocycles. The number of hydrogen-bond donors (Lipinski definition) is 2. The maximum Gasteiger partial charge on any atom is 0.232 e. The lowest BCUT2D eigenvalue weighted by Gasteiger charge is -2.21. The van der Waals surface area contributed by atoms with Gasteiger partial charge in [0.2, 0.25) is 5.71 Å². The molecule has 0 spiro atoms. The van der Waals surface area contributed by atoms with E-state index in [1.165, 1.54) is 13.3 Å². The van der Waals surface area contributed by atoms with Crippen LogP contribution in [0.4, 0.5) is 5.82 Å². The number of furan rings is 2. The number of carbonyl (C=O) groups excluding carboxylic acids is 1. The van der Waals surface area contributed by atoms with E-state index < -0.39 is 5.60 Å². The highest BCUT2D eigenvalue weighted by Crippen LogP contribution is 2.30. The van der Waals surface area contributed by atoms with E-state index in [4.69, 9.17) is 8.83 Å². The number of anilines is 1. The van der Waals surface area contributed by atoms with Gasteiger partial charge in [0.25, 0.3) is 0 Å². The molecule has 3 aromatic rings. The first-order chi connectivity index (χ1) is 11.3. The third-order valence-electron chi connectivity index (χ3n) is 3.89. The van der Waals surface area contributed by atoms with Crippen LogP contribution in [0, 0.1) is 13.8 Å². The van der Waals surface area contributed by atoms with E-state index in [0.717, 1.165) is 5.76 Å². The van der Waals surface area contributed by atoms with Gasteiger partial charge < -0.3 is 19.3 Å². The molecule has 3 heterocycles. The Morgan fingerprint density at radius 1 is 1.29 bits per heavy atom. The van der Waals surface area contributed by atoms with Crippen LogP contribution in [0.5, 0.6) is 0 Å². The first kappa shape index (κ1) is 16.2. The highest BCUT2D eigenvalue weighted by atomic mass is 16.4. The Balaban J connectivity index is 1.94. The number of nitrogens with zero attached hydrogens (tertiary/aromatic N) is 2. The maximum atomic E-state index is 11.9. The van der Waals surface area contributed by atoms with E-state index in [1.807, 2.05) is 6.92 Å². The molecule has 7 heteroatoms. The van der Waals surface area contributed by atoms with Gasteiger partial charge in [0.15, 0.2) is 5.78 Å². The van der Waals surface area contributed by atoms with Crippen molar-refractivity contribution >= 4 is 22.7 Å². The van der Waals surface area contributed by atoms with Crippen LogP contribution in [-0.4, -0.2) is 27.4 Å². The molecule has 0 amide bonds. The number of aryl methyl sites for hydroxylation is 2. The zero-order valence-electron chi connectivity index (χ0n) is 14.0. The standard InChI is InChI=1S/C17H19N3O4/c1-9-5-6-12(23-9)17(4,22)7-18-15-14-13(10(2)21)11(3)24-16(14)20-8-19-15/h5-6,8,22H,7H2,1-4H3,(H,18,19,20). The molecular formula is C17H19N3O4. The quantitative estimate of drug-likeness (QED) is 0.694. The zero-order chi connectivity index (χ0) is 17.5. The summed E-state index contributed by atoms with van der Waals surface area (Å²) in [6.07, 6.45) is 1.35. The van der Waals surface area contributed by atoms with E-state index in [9.17, 15) is 9.90 Å². The van der Waals surface area contributed by atoms with E-state index in [1.54, 1.807) is 26.0 Å². The zero-order valence-corrected chi connectivity index (χ0v) is 14.0. The molecule has 3 aromatic heterocycles. The summed E-state index contributed by atoms with van der Waals surface area (Å²) in [6, 6.07) is 3.52. The van der Waals surface area contributed by atoms with Gasteiger partial charge in [-0.05, 0) is 39.8 Å². The Hall–Kier alpha value is -2.67. The molecule has 0 aliphatic rings. The lowest BCUT2D eigenvalue weighted by atomic mass is 10.0. The number of hydrogen-bond acceptors (Lipinski definition) is 7. The second-order valence-electron chi connectivity index (χ2n) is 6.03. The summed E-state index contributed by atoms with van der Waals surface area (Å²) in [5.74, 6) is 1.98. The smallest absolute Gasteiger partial charge is 0.232 e. The van der Waals surface area contributed by atoms with Gasteiger partial charge in [-0.25, -0.2) is 9.97 Å². The number of ketones is 1. The molecule has 0 saturated heterocycles. The predicted molar refractivity (Wildman–Crippen MR) is 88.1 cm³/mol. The molecule has 1 unspecified atom stereocenters. The van der Waals surface area contributed by atoms with E-state index >= 15 is 0 Å². The fourth-order valence-electron chi connectivity index (χ4n) is 2.67. The molecule has 0 saturated carbocycles. The summed E-state index contributed by atoms with van der Waals surface area (Å²) in [5, 5.41) is 14.2. The highest BCUT2D eigenvalue weighted by Gasteiger charge is 2.28. The average molecular weight is 329 g/mol. The van der Waals surface area contributed by atoms with Crippen LogP contribution in [0.3, 0.4) is 0 Å².